The van der Waals surface area contributed by atoms with Gasteiger partial charge in [-0.3, -0.25) is 9.78 Å². The van der Waals surface area contributed by atoms with Crippen LogP contribution in [-0.4, -0.2) is 27.5 Å². The number of aromatic nitrogens is 1. The summed E-state index contributed by atoms with van der Waals surface area (Å²) in [6.07, 6.45) is 4.39. The van der Waals surface area contributed by atoms with Crippen molar-refractivity contribution in [3.05, 3.63) is 30.1 Å². The molecule has 0 atom stereocenters. The van der Waals surface area contributed by atoms with Gasteiger partial charge in [-0.05, 0) is 43.7 Å². The lowest BCUT2D eigenvalue weighted by atomic mass is 9.77. The fraction of sp³-hybridized carbons (Fsp3) is 0.533. The third-order valence-corrected chi connectivity index (χ3v) is 3.98. The van der Waals surface area contributed by atoms with E-state index in [4.69, 9.17) is 0 Å². The van der Waals surface area contributed by atoms with Gasteiger partial charge in [0.05, 0.1) is 6.42 Å². The molecule has 2 rings (SSSR count). The second-order valence-electron chi connectivity index (χ2n) is 5.62. The number of nitrogens with zero attached hydrogens (tertiary/aromatic N) is 1. The molecule has 1 aliphatic carbocycles. The summed E-state index contributed by atoms with van der Waals surface area (Å²) in [5.41, 5.74) is -0.451. The average Bonchev–Trinajstić information content (AvgIpc) is 2.42. The SMILES string of the molecule is CC1CCC(NC(=O)Cc2ccccn2)(C(=O)O)CC1. The molecule has 1 saturated carbocycles. The Hall–Kier alpha value is -1.91. The van der Waals surface area contributed by atoms with Crippen molar-refractivity contribution < 1.29 is 14.7 Å². The predicted molar refractivity (Wildman–Crippen MR) is 74.1 cm³/mol. The van der Waals surface area contributed by atoms with Gasteiger partial charge in [0, 0.05) is 11.9 Å². The summed E-state index contributed by atoms with van der Waals surface area (Å²) < 4.78 is 0. The van der Waals surface area contributed by atoms with E-state index in [0.717, 1.165) is 12.8 Å². The van der Waals surface area contributed by atoms with Crippen molar-refractivity contribution in [1.29, 1.82) is 0 Å². The van der Waals surface area contributed by atoms with Gasteiger partial charge >= 0.3 is 5.97 Å². The molecule has 0 unspecified atom stereocenters. The molecular weight excluding hydrogens is 256 g/mol. The number of carbonyl (C=O) groups excluding carboxylic acids is 1. The molecule has 108 valence electrons. The van der Waals surface area contributed by atoms with Gasteiger partial charge in [-0.2, -0.15) is 0 Å². The predicted octanol–water partition coefficient (Wildman–Crippen LogP) is 1.77. The standard InChI is InChI=1S/C15H20N2O3/c1-11-5-7-15(8-6-11,14(19)20)17-13(18)10-12-4-2-3-9-16-12/h2-4,9,11H,5-8,10H2,1H3,(H,17,18)(H,19,20). The van der Waals surface area contributed by atoms with Crippen molar-refractivity contribution in [2.45, 2.75) is 44.6 Å². The lowest BCUT2D eigenvalue weighted by molar-refractivity contribution is -0.149. The van der Waals surface area contributed by atoms with E-state index < -0.39 is 11.5 Å². The van der Waals surface area contributed by atoms with Crippen LogP contribution in [-0.2, 0) is 16.0 Å². The summed E-state index contributed by atoms with van der Waals surface area (Å²) in [5, 5.41) is 12.2. The first-order chi connectivity index (χ1) is 9.52. The molecule has 1 aliphatic rings. The Bertz CT molecular complexity index is 479. The highest BCUT2D eigenvalue weighted by atomic mass is 16.4. The zero-order chi connectivity index (χ0) is 14.6. The molecule has 0 bridgehead atoms. The molecule has 0 aromatic carbocycles. The van der Waals surface area contributed by atoms with E-state index in [1.54, 1.807) is 18.3 Å². The normalized spacial score (nSPS) is 25.9. The van der Waals surface area contributed by atoms with Crippen LogP contribution in [0.25, 0.3) is 0 Å². The van der Waals surface area contributed by atoms with Gasteiger partial charge in [0.2, 0.25) is 5.91 Å². The zero-order valence-electron chi connectivity index (χ0n) is 11.6. The molecule has 0 saturated heterocycles. The second-order valence-corrected chi connectivity index (χ2v) is 5.62. The van der Waals surface area contributed by atoms with Crippen molar-refractivity contribution in [3.63, 3.8) is 0 Å². The topological polar surface area (TPSA) is 79.3 Å². The first-order valence-electron chi connectivity index (χ1n) is 6.96. The number of carboxylic acids is 1. The average molecular weight is 276 g/mol. The maximum atomic E-state index is 12.1. The van der Waals surface area contributed by atoms with Gasteiger partial charge < -0.3 is 10.4 Å². The Morgan fingerprint density at radius 2 is 2.10 bits per heavy atom. The van der Waals surface area contributed by atoms with Crippen molar-refractivity contribution in [2.75, 3.05) is 0 Å². The number of rotatable bonds is 4. The highest BCUT2D eigenvalue weighted by molar-refractivity contribution is 5.87. The van der Waals surface area contributed by atoms with E-state index in [2.05, 4.69) is 17.2 Å². The van der Waals surface area contributed by atoms with Crippen LogP contribution in [0.2, 0.25) is 0 Å². The van der Waals surface area contributed by atoms with E-state index in [-0.39, 0.29) is 12.3 Å². The summed E-state index contributed by atoms with van der Waals surface area (Å²) in [5.74, 6) is -0.686. The molecule has 0 spiro atoms. The Kier molecular flexibility index (Phi) is 4.37. The van der Waals surface area contributed by atoms with Crippen LogP contribution in [0.1, 0.15) is 38.3 Å². The van der Waals surface area contributed by atoms with Gasteiger partial charge in [0.1, 0.15) is 5.54 Å². The Morgan fingerprint density at radius 3 is 2.65 bits per heavy atom. The number of nitrogens with one attached hydrogen (secondary N) is 1. The van der Waals surface area contributed by atoms with Gasteiger partial charge in [-0.1, -0.05) is 13.0 Å². The smallest absolute Gasteiger partial charge is 0.329 e. The minimum absolute atomic E-state index is 0.116. The molecule has 1 heterocycles. The fourth-order valence-electron chi connectivity index (χ4n) is 2.63. The molecule has 20 heavy (non-hydrogen) atoms. The number of carbonyl (C=O) groups is 2. The van der Waals surface area contributed by atoms with E-state index in [9.17, 15) is 14.7 Å². The molecule has 1 aromatic rings. The minimum atomic E-state index is -1.10. The monoisotopic (exact) mass is 276 g/mol. The summed E-state index contributed by atoms with van der Waals surface area (Å²) in [4.78, 5) is 27.7. The summed E-state index contributed by atoms with van der Waals surface area (Å²) in [6, 6.07) is 5.35. The molecule has 1 aromatic heterocycles. The molecule has 1 amide bonds. The van der Waals surface area contributed by atoms with Gasteiger partial charge in [-0.15, -0.1) is 0 Å². The molecular formula is C15H20N2O3. The summed E-state index contributed by atoms with van der Waals surface area (Å²) in [6.45, 7) is 2.11. The van der Waals surface area contributed by atoms with Crippen LogP contribution in [0.5, 0.6) is 0 Å². The van der Waals surface area contributed by atoms with Crippen molar-refractivity contribution >= 4 is 11.9 Å². The van der Waals surface area contributed by atoms with Gasteiger partial charge in [-0.25, -0.2) is 4.79 Å². The zero-order valence-corrected chi connectivity index (χ0v) is 11.6. The fourth-order valence-corrected chi connectivity index (χ4v) is 2.63. The number of aliphatic carboxylic acids is 1. The molecule has 1 fully saturated rings. The maximum Gasteiger partial charge on any atom is 0.329 e. The van der Waals surface area contributed by atoms with E-state index >= 15 is 0 Å². The highest BCUT2D eigenvalue weighted by Gasteiger charge is 2.42. The third-order valence-electron chi connectivity index (χ3n) is 3.98. The van der Waals surface area contributed by atoms with E-state index in [1.807, 2.05) is 6.07 Å². The lowest BCUT2D eigenvalue weighted by Crippen LogP contribution is -2.56. The minimum Gasteiger partial charge on any atom is -0.480 e. The van der Waals surface area contributed by atoms with Crippen LogP contribution in [0, 0.1) is 5.92 Å². The molecule has 0 radical (unpaired) electrons. The number of carboxylic acid groups (broad SMARTS) is 1. The van der Waals surface area contributed by atoms with Crippen LogP contribution in [0.15, 0.2) is 24.4 Å². The Morgan fingerprint density at radius 1 is 1.40 bits per heavy atom. The first kappa shape index (κ1) is 14.5. The Labute approximate surface area is 118 Å². The van der Waals surface area contributed by atoms with Crippen LogP contribution in [0.4, 0.5) is 0 Å². The van der Waals surface area contributed by atoms with Gasteiger partial charge in [0.15, 0.2) is 0 Å². The summed E-state index contributed by atoms with van der Waals surface area (Å²) >= 11 is 0. The summed E-state index contributed by atoms with van der Waals surface area (Å²) in [7, 11) is 0. The van der Waals surface area contributed by atoms with Crippen molar-refractivity contribution in [3.8, 4) is 0 Å². The van der Waals surface area contributed by atoms with Gasteiger partial charge in [0.25, 0.3) is 0 Å². The van der Waals surface area contributed by atoms with Crippen molar-refractivity contribution in [1.82, 2.24) is 10.3 Å². The number of hydrogen-bond acceptors (Lipinski definition) is 3. The highest BCUT2D eigenvalue weighted by Crippen LogP contribution is 2.32. The largest absolute Gasteiger partial charge is 0.480 e. The van der Waals surface area contributed by atoms with E-state index in [0.29, 0.717) is 24.5 Å². The van der Waals surface area contributed by atoms with E-state index in [1.165, 1.54) is 0 Å². The first-order valence-corrected chi connectivity index (χ1v) is 6.96. The quantitative estimate of drug-likeness (QED) is 0.878. The van der Waals surface area contributed by atoms with Crippen LogP contribution >= 0.6 is 0 Å². The molecule has 0 aliphatic heterocycles. The molecule has 5 nitrogen and oxygen atoms in total. The lowest BCUT2D eigenvalue weighted by Gasteiger charge is -2.36. The van der Waals surface area contributed by atoms with Crippen LogP contribution < -0.4 is 5.32 Å². The maximum absolute atomic E-state index is 12.1. The number of pyridine rings is 1. The third kappa shape index (κ3) is 3.35. The second kappa shape index (κ2) is 6.03. The molecule has 5 heteroatoms. The number of amides is 1. The molecule has 2 N–H and O–H groups in total. The Balaban J connectivity index is 2.02. The van der Waals surface area contributed by atoms with Crippen molar-refractivity contribution in [2.24, 2.45) is 5.92 Å². The van der Waals surface area contributed by atoms with Crippen LogP contribution in [0.3, 0.4) is 0 Å². The number of hydrogen-bond donors (Lipinski definition) is 2.